The van der Waals surface area contributed by atoms with Crippen molar-refractivity contribution in [3.05, 3.63) is 24.3 Å². The molecule has 0 amide bonds. The maximum absolute atomic E-state index is 2.34. The van der Waals surface area contributed by atoms with Gasteiger partial charge in [0.25, 0.3) is 0 Å². The first-order chi connectivity index (χ1) is 3.93. The van der Waals surface area contributed by atoms with Gasteiger partial charge in [0.1, 0.15) is 0 Å². The summed E-state index contributed by atoms with van der Waals surface area (Å²) >= 11 is -0.176. The Morgan fingerprint density at radius 3 is 2.50 bits per heavy atom. The molecule has 0 saturated carbocycles. The Kier molecular flexibility index (Phi) is 2.74. The van der Waals surface area contributed by atoms with E-state index < -0.39 is 0 Å². The molecule has 0 saturated heterocycles. The molecule has 42 valence electrons. The van der Waals surface area contributed by atoms with E-state index in [1.165, 1.54) is 4.18 Å². The van der Waals surface area contributed by atoms with Gasteiger partial charge in [-0.25, -0.2) is 0 Å². The maximum atomic E-state index is 2.34. The molecule has 0 bridgehead atoms. The third kappa shape index (κ3) is 1.70. The van der Waals surface area contributed by atoms with Crippen LogP contribution in [0.4, 0.5) is 0 Å². The molecule has 2 radical (unpaired) electrons. The van der Waals surface area contributed by atoms with Gasteiger partial charge in [-0.2, -0.15) is 0 Å². The summed E-state index contributed by atoms with van der Waals surface area (Å²) in [6, 6.07) is 0. The fourth-order valence-corrected chi connectivity index (χ4v) is 4.06. The average Bonchev–Trinajstić information content (AvgIpc) is 2.19. The zero-order chi connectivity index (χ0) is 5.82. The molecule has 0 aromatic heterocycles. The van der Waals surface area contributed by atoms with E-state index >= 15 is 0 Å². The Labute approximate surface area is 62.0 Å². The Morgan fingerprint density at radius 2 is 2.00 bits per heavy atom. The summed E-state index contributed by atoms with van der Waals surface area (Å²) in [5.41, 5.74) is 0. The number of hydrogen-bond acceptors (Lipinski definition) is 0. The van der Waals surface area contributed by atoms with Crippen LogP contribution in [0.2, 0.25) is 7.85 Å². The first-order valence-electron chi connectivity index (χ1n) is 3.12. The Balaban J connectivity index is 2.27. The van der Waals surface area contributed by atoms with Crippen LogP contribution in [0.5, 0.6) is 0 Å². The van der Waals surface area contributed by atoms with Gasteiger partial charge in [0.15, 0.2) is 0 Å². The van der Waals surface area contributed by atoms with E-state index in [0.717, 1.165) is 3.67 Å². The molecule has 0 heterocycles. The fourth-order valence-electron chi connectivity index (χ4n) is 0.878. The van der Waals surface area contributed by atoms with Crippen LogP contribution in [0.3, 0.4) is 0 Å². The van der Waals surface area contributed by atoms with E-state index in [9.17, 15) is 0 Å². The van der Waals surface area contributed by atoms with Crippen molar-refractivity contribution in [1.82, 2.24) is 0 Å². The second-order valence-electron chi connectivity index (χ2n) is 1.99. The second-order valence-corrected chi connectivity index (χ2v) is 7.86. The fraction of sp³-hybridized carbons (Fsp3) is 0.429. The molecule has 0 fully saturated rings. The van der Waals surface area contributed by atoms with Gasteiger partial charge in [0.2, 0.25) is 0 Å². The van der Waals surface area contributed by atoms with Crippen LogP contribution in [-0.2, 0) is 0 Å². The summed E-state index contributed by atoms with van der Waals surface area (Å²) in [6.45, 7) is 2.31. The third-order valence-electron chi connectivity index (χ3n) is 1.29. The first-order valence-corrected chi connectivity index (χ1v) is 7.35. The Morgan fingerprint density at radius 1 is 1.38 bits per heavy atom. The molecule has 0 aromatic rings. The summed E-state index contributed by atoms with van der Waals surface area (Å²) in [4.78, 5) is 0. The quantitative estimate of drug-likeness (QED) is 0.652. The summed E-state index contributed by atoms with van der Waals surface area (Å²) in [5, 5.41) is 0. The SMILES string of the molecule is C[CH2][In-][CH]1C=CC=C1. The number of allylic oxidation sites excluding steroid dienone is 4. The zero-order valence-corrected chi connectivity index (χ0v) is 8.47. The van der Waals surface area contributed by atoms with Gasteiger partial charge < -0.3 is 0 Å². The molecule has 0 N–H and O–H groups in total. The van der Waals surface area contributed by atoms with Crippen molar-refractivity contribution in [3.63, 3.8) is 0 Å². The van der Waals surface area contributed by atoms with Gasteiger partial charge in [-0.05, 0) is 0 Å². The van der Waals surface area contributed by atoms with Crippen LogP contribution < -0.4 is 0 Å². The average molecular weight is 209 g/mol. The molecular weight excluding hydrogens is 199 g/mol. The molecule has 0 aliphatic heterocycles. The van der Waals surface area contributed by atoms with E-state index in [0.29, 0.717) is 0 Å². The molecule has 0 unspecified atom stereocenters. The van der Waals surface area contributed by atoms with Crippen molar-refractivity contribution in [3.8, 4) is 0 Å². The third-order valence-corrected chi connectivity index (χ3v) is 5.45. The number of hydrogen-bond donors (Lipinski definition) is 0. The Hall–Kier alpha value is 0.350. The summed E-state index contributed by atoms with van der Waals surface area (Å²) in [6.07, 6.45) is 9.02. The molecule has 0 spiro atoms. The van der Waals surface area contributed by atoms with Crippen molar-refractivity contribution >= 4 is 22.9 Å². The van der Waals surface area contributed by atoms with Crippen molar-refractivity contribution in [1.29, 1.82) is 0 Å². The van der Waals surface area contributed by atoms with E-state index in [4.69, 9.17) is 0 Å². The predicted molar refractivity (Wildman–Crippen MR) is 38.3 cm³/mol. The number of rotatable bonds is 2. The molecule has 8 heavy (non-hydrogen) atoms. The van der Waals surface area contributed by atoms with Gasteiger partial charge >= 0.3 is 62.0 Å². The van der Waals surface area contributed by atoms with Crippen molar-refractivity contribution in [2.75, 3.05) is 0 Å². The van der Waals surface area contributed by atoms with E-state index in [-0.39, 0.29) is 22.9 Å². The molecule has 1 aliphatic carbocycles. The molecule has 1 heteroatoms. The van der Waals surface area contributed by atoms with Crippen LogP contribution in [-0.4, -0.2) is 22.9 Å². The van der Waals surface area contributed by atoms with Crippen LogP contribution in [0.25, 0.3) is 0 Å². The first kappa shape index (κ1) is 6.47. The van der Waals surface area contributed by atoms with Gasteiger partial charge in [0.05, 0.1) is 0 Å². The normalized spacial score (nSPS) is 18.1. The Bertz CT molecular complexity index is 102. The molecule has 1 aliphatic rings. The van der Waals surface area contributed by atoms with E-state index in [2.05, 4.69) is 31.2 Å². The van der Waals surface area contributed by atoms with Gasteiger partial charge in [0, 0.05) is 0 Å². The molecule has 0 nitrogen and oxygen atoms in total. The monoisotopic (exact) mass is 209 g/mol. The van der Waals surface area contributed by atoms with Crippen LogP contribution >= 0.6 is 0 Å². The minimum atomic E-state index is -0.176. The molecular formula is C7H10In-. The molecule has 1 rings (SSSR count). The summed E-state index contributed by atoms with van der Waals surface area (Å²) < 4.78 is 2.42. The van der Waals surface area contributed by atoms with Gasteiger partial charge in [-0.15, -0.1) is 0 Å². The summed E-state index contributed by atoms with van der Waals surface area (Å²) in [7, 11) is 0. The van der Waals surface area contributed by atoms with Gasteiger partial charge in [-0.3, -0.25) is 0 Å². The van der Waals surface area contributed by atoms with Crippen LogP contribution in [0, 0.1) is 0 Å². The minimum absolute atomic E-state index is 0.176. The van der Waals surface area contributed by atoms with Crippen LogP contribution in [0.15, 0.2) is 24.3 Å². The zero-order valence-electron chi connectivity index (χ0n) is 5.17. The van der Waals surface area contributed by atoms with E-state index in [1.807, 2.05) is 0 Å². The van der Waals surface area contributed by atoms with E-state index in [1.54, 1.807) is 0 Å². The van der Waals surface area contributed by atoms with Crippen molar-refractivity contribution in [2.45, 2.75) is 14.8 Å². The summed E-state index contributed by atoms with van der Waals surface area (Å²) in [5.74, 6) is 0. The molecule has 0 aromatic carbocycles. The van der Waals surface area contributed by atoms with Crippen molar-refractivity contribution < 1.29 is 0 Å². The standard InChI is InChI=1S/C5H5.C2H5.In/c1-2-4-5-3-1;1-2;/h1-5H;1H2,2H3;/q;;-1. The molecule has 0 atom stereocenters. The van der Waals surface area contributed by atoms with Crippen molar-refractivity contribution in [2.24, 2.45) is 0 Å². The van der Waals surface area contributed by atoms with Gasteiger partial charge in [-0.1, -0.05) is 0 Å². The predicted octanol–water partition coefficient (Wildman–Crippen LogP) is 2.04. The topological polar surface area (TPSA) is 0 Å². The second kappa shape index (κ2) is 3.39. The van der Waals surface area contributed by atoms with Crippen LogP contribution in [0.1, 0.15) is 6.92 Å².